The van der Waals surface area contributed by atoms with Crippen LogP contribution >= 0.6 is 0 Å². The van der Waals surface area contributed by atoms with Crippen LogP contribution < -0.4 is 10.6 Å². The number of nitrogens with one attached hydrogen (secondary N) is 3. The van der Waals surface area contributed by atoms with E-state index in [1.165, 1.54) is 12.1 Å². The van der Waals surface area contributed by atoms with Crippen molar-refractivity contribution in [1.29, 1.82) is 5.41 Å². The second-order valence-electron chi connectivity index (χ2n) is 10.1. The molecule has 2 rings (SSSR count). The summed E-state index contributed by atoms with van der Waals surface area (Å²) in [7, 11) is 0. The van der Waals surface area contributed by atoms with Gasteiger partial charge >= 0.3 is 6.09 Å². The summed E-state index contributed by atoms with van der Waals surface area (Å²) in [5.74, 6) is -0.354. The number of rotatable bonds is 6. The first-order chi connectivity index (χ1) is 15.1. The van der Waals surface area contributed by atoms with Gasteiger partial charge in [-0.3, -0.25) is 10.2 Å². The normalized spacial score (nSPS) is 15.1. The van der Waals surface area contributed by atoms with E-state index >= 15 is 0 Å². The van der Waals surface area contributed by atoms with E-state index < -0.39 is 29.5 Å². The Morgan fingerprint density at radius 3 is 2.24 bits per heavy atom. The molecule has 0 heterocycles. The number of carbonyl (C=O) groups is 2. The van der Waals surface area contributed by atoms with Crippen molar-refractivity contribution in [2.24, 2.45) is 10.4 Å². The molecule has 0 saturated carbocycles. The Bertz CT molecular complexity index is 994. The van der Waals surface area contributed by atoms with Crippen LogP contribution in [0.1, 0.15) is 66.0 Å². The molecule has 1 atom stereocenters. The van der Waals surface area contributed by atoms with Crippen molar-refractivity contribution >= 4 is 29.2 Å². The summed E-state index contributed by atoms with van der Waals surface area (Å²) in [6.45, 7) is 14.5. The number of halogens is 1. The van der Waals surface area contributed by atoms with E-state index in [1.54, 1.807) is 34.6 Å². The number of nitrogens with zero attached hydrogens (tertiary/aromatic N) is 1. The molecule has 1 aliphatic rings. The molecule has 0 unspecified atom stereocenters. The van der Waals surface area contributed by atoms with Gasteiger partial charge in [0.05, 0.1) is 11.5 Å². The van der Waals surface area contributed by atoms with Crippen molar-refractivity contribution in [3.63, 3.8) is 0 Å². The number of amides is 2. The van der Waals surface area contributed by atoms with Crippen LogP contribution in [0.3, 0.4) is 0 Å². The molecule has 0 spiro atoms. The molecule has 1 radical (unpaired) electrons. The van der Waals surface area contributed by atoms with Gasteiger partial charge < -0.3 is 15.4 Å². The van der Waals surface area contributed by atoms with Gasteiger partial charge in [-0.25, -0.2) is 14.2 Å². The molecule has 0 fully saturated rings. The Labute approximate surface area is 195 Å². The Morgan fingerprint density at radius 1 is 1.15 bits per heavy atom. The molecule has 3 N–H and O–H groups in total. The fraction of sp³-hybridized carbons (Fsp3) is 0.480. The third-order valence-corrected chi connectivity index (χ3v) is 4.78. The van der Waals surface area contributed by atoms with Gasteiger partial charge in [0.15, 0.2) is 5.84 Å². The second kappa shape index (κ2) is 9.85. The average molecular weight is 458 g/mol. The highest BCUT2D eigenvalue weighted by Crippen LogP contribution is 2.32. The lowest BCUT2D eigenvalue weighted by molar-refractivity contribution is -0.118. The highest BCUT2D eigenvalue weighted by atomic mass is 19.1. The van der Waals surface area contributed by atoms with Crippen molar-refractivity contribution in [3.05, 3.63) is 47.1 Å². The quantitative estimate of drug-likeness (QED) is 0.397. The Morgan fingerprint density at radius 2 is 1.76 bits per heavy atom. The molecule has 33 heavy (non-hydrogen) atoms. The lowest BCUT2D eigenvalue weighted by Crippen LogP contribution is -2.45. The number of hydrogen-bond donors (Lipinski definition) is 3. The molecule has 179 valence electrons. The van der Waals surface area contributed by atoms with Gasteiger partial charge in [-0.2, -0.15) is 0 Å². The first-order valence-corrected chi connectivity index (χ1v) is 11.0. The fourth-order valence-corrected chi connectivity index (χ4v) is 3.05. The van der Waals surface area contributed by atoms with Gasteiger partial charge in [0.25, 0.3) is 0 Å². The maximum atomic E-state index is 14.7. The molecule has 7 nitrogen and oxygen atoms in total. The number of aryl methyl sites for hydroxylation is 1. The first-order valence-electron chi connectivity index (χ1n) is 11.0. The van der Waals surface area contributed by atoms with Gasteiger partial charge in [-0.15, -0.1) is 0 Å². The summed E-state index contributed by atoms with van der Waals surface area (Å²) in [6, 6.07) is 1.83. The fourth-order valence-electron chi connectivity index (χ4n) is 3.05. The van der Waals surface area contributed by atoms with E-state index in [1.807, 2.05) is 32.9 Å². The van der Waals surface area contributed by atoms with E-state index in [4.69, 9.17) is 10.1 Å². The lowest BCUT2D eigenvalue weighted by Gasteiger charge is -2.23. The molecule has 0 bridgehead atoms. The van der Waals surface area contributed by atoms with E-state index in [0.29, 0.717) is 23.4 Å². The van der Waals surface area contributed by atoms with Gasteiger partial charge in [0, 0.05) is 16.8 Å². The molecule has 8 heteroatoms. The first kappa shape index (κ1) is 26.2. The minimum Gasteiger partial charge on any atom is -0.444 e. The van der Waals surface area contributed by atoms with E-state index in [2.05, 4.69) is 15.6 Å². The van der Waals surface area contributed by atoms with Gasteiger partial charge in [-0.05, 0) is 51.8 Å². The van der Waals surface area contributed by atoms with Crippen molar-refractivity contribution in [2.45, 2.75) is 73.5 Å². The van der Waals surface area contributed by atoms with Gasteiger partial charge in [-0.1, -0.05) is 39.8 Å². The summed E-state index contributed by atoms with van der Waals surface area (Å²) in [5, 5.41) is 13.7. The highest BCUT2D eigenvalue weighted by Gasteiger charge is 2.31. The number of anilines is 1. The molecular weight excluding hydrogens is 423 g/mol. The van der Waals surface area contributed by atoms with Gasteiger partial charge in [0.2, 0.25) is 5.91 Å². The number of carbonyl (C=O) groups excluding carboxylic acids is 2. The number of amidine groups is 1. The molecule has 2 amide bonds. The molecular formula is C25H34FN4O3. The van der Waals surface area contributed by atoms with Crippen LogP contribution in [0, 0.1) is 29.5 Å². The maximum absolute atomic E-state index is 14.7. The van der Waals surface area contributed by atoms with Crippen LogP contribution in [0.2, 0.25) is 0 Å². The SMILES string of the molecule is CC[C@H](NC(=O)OC(C)(C)C)C(=O)Nc1cc(C(=N)N=C([C]2C=C2)C(C)(C)C)c(F)cc1C. The lowest BCUT2D eigenvalue weighted by atomic mass is 9.86. The molecule has 0 aliphatic heterocycles. The standard InChI is InChI=1S/C25H34FN4O3/c1-9-18(29-23(32)33-25(6,7)8)22(31)28-19-13-16(17(26)12-14(19)2)21(27)30-20(15-10-11-15)24(3,4)5/h10-13,18,27H,9H2,1-8H3,(H,28,31)(H,29,32)/t18-/m0/s1. The Hall–Kier alpha value is -3.03. The number of aliphatic imine (C=N–C) groups is 1. The van der Waals surface area contributed by atoms with E-state index in [0.717, 1.165) is 5.92 Å². The third kappa shape index (κ3) is 7.51. The zero-order valence-electron chi connectivity index (χ0n) is 20.6. The molecule has 0 aromatic heterocycles. The van der Waals surface area contributed by atoms with Crippen molar-refractivity contribution in [3.8, 4) is 0 Å². The summed E-state index contributed by atoms with van der Waals surface area (Å²) in [6.07, 6.45) is 3.44. The van der Waals surface area contributed by atoms with Crippen LogP contribution in [0.15, 0.2) is 29.3 Å². The Kier molecular flexibility index (Phi) is 7.83. The number of benzene rings is 1. The van der Waals surface area contributed by atoms with E-state index in [-0.39, 0.29) is 16.8 Å². The van der Waals surface area contributed by atoms with Crippen LogP contribution in [0.5, 0.6) is 0 Å². The molecule has 1 aromatic rings. The number of allylic oxidation sites excluding steroid dienone is 2. The predicted molar refractivity (Wildman–Crippen MR) is 129 cm³/mol. The summed E-state index contributed by atoms with van der Waals surface area (Å²) < 4.78 is 19.9. The number of hydrogen-bond acceptors (Lipinski definition) is 4. The maximum Gasteiger partial charge on any atom is 0.408 e. The zero-order chi connectivity index (χ0) is 25.1. The number of ether oxygens (including phenoxy) is 1. The topological polar surface area (TPSA) is 104 Å². The summed E-state index contributed by atoms with van der Waals surface area (Å²) in [4.78, 5) is 29.3. The summed E-state index contributed by atoms with van der Waals surface area (Å²) in [5.41, 5.74) is 0.503. The zero-order valence-corrected chi connectivity index (χ0v) is 20.6. The molecule has 1 aromatic carbocycles. The Balaban J connectivity index is 2.24. The monoisotopic (exact) mass is 457 g/mol. The molecule has 1 aliphatic carbocycles. The predicted octanol–water partition coefficient (Wildman–Crippen LogP) is 5.33. The third-order valence-electron chi connectivity index (χ3n) is 4.78. The van der Waals surface area contributed by atoms with Crippen LogP contribution in [0.25, 0.3) is 0 Å². The van der Waals surface area contributed by atoms with E-state index in [9.17, 15) is 14.0 Å². The minimum absolute atomic E-state index is 0.0213. The van der Waals surface area contributed by atoms with Crippen LogP contribution in [-0.4, -0.2) is 35.2 Å². The van der Waals surface area contributed by atoms with Crippen LogP contribution in [0.4, 0.5) is 14.9 Å². The second-order valence-corrected chi connectivity index (χ2v) is 10.1. The van der Waals surface area contributed by atoms with Gasteiger partial charge in [0.1, 0.15) is 17.5 Å². The van der Waals surface area contributed by atoms with Crippen molar-refractivity contribution in [2.75, 3.05) is 5.32 Å². The average Bonchev–Trinajstić information content (AvgIpc) is 3.48. The van der Waals surface area contributed by atoms with Crippen molar-refractivity contribution < 1.29 is 18.7 Å². The highest BCUT2D eigenvalue weighted by molar-refractivity contribution is 6.16. The van der Waals surface area contributed by atoms with Crippen molar-refractivity contribution in [1.82, 2.24) is 5.32 Å². The minimum atomic E-state index is -0.838. The number of alkyl carbamates (subject to hydrolysis) is 1. The summed E-state index contributed by atoms with van der Waals surface area (Å²) >= 11 is 0. The smallest absolute Gasteiger partial charge is 0.408 e. The molecule has 0 saturated heterocycles. The van der Waals surface area contributed by atoms with Crippen LogP contribution in [-0.2, 0) is 9.53 Å². The largest absolute Gasteiger partial charge is 0.444 e.